The lowest BCUT2D eigenvalue weighted by atomic mass is 10.1. The topological polar surface area (TPSA) is 27.7 Å². The van der Waals surface area contributed by atoms with E-state index in [2.05, 4.69) is 0 Å². The Labute approximate surface area is 82.2 Å². The average molecular weight is 204 g/mol. The Morgan fingerprint density at radius 1 is 1.23 bits per heavy atom. The molecule has 0 atom stereocenters. The van der Waals surface area contributed by atoms with Crippen LogP contribution in [0.3, 0.4) is 0 Å². The van der Waals surface area contributed by atoms with Gasteiger partial charge in [-0.05, 0) is 26.3 Å². The molecule has 3 nitrogen and oxygen atoms in total. The van der Waals surface area contributed by atoms with Crippen molar-refractivity contribution in [3.8, 4) is 0 Å². The molecule has 0 saturated carbocycles. The summed E-state index contributed by atoms with van der Waals surface area (Å²) in [6.07, 6.45) is 1.22. The van der Waals surface area contributed by atoms with Crippen molar-refractivity contribution in [1.82, 2.24) is 0 Å². The second-order valence-corrected chi connectivity index (χ2v) is 5.42. The predicted octanol–water partition coefficient (Wildman–Crippen LogP) is 1.32. The van der Waals surface area contributed by atoms with Gasteiger partial charge >= 0.3 is 9.28 Å². The van der Waals surface area contributed by atoms with Crippen molar-refractivity contribution in [3.63, 3.8) is 0 Å². The molecule has 0 unspecified atom stereocenters. The maximum Gasteiger partial charge on any atom is 0.321 e. The van der Waals surface area contributed by atoms with Gasteiger partial charge < -0.3 is 13.6 Å². The van der Waals surface area contributed by atoms with Crippen LogP contribution in [0.15, 0.2) is 0 Å². The molecule has 0 aromatic rings. The van der Waals surface area contributed by atoms with Crippen LogP contribution in [0.5, 0.6) is 0 Å². The Hall–Kier alpha value is 0.0969. The molecule has 0 aliphatic carbocycles. The van der Waals surface area contributed by atoms with Gasteiger partial charge in [0.2, 0.25) is 0 Å². The average Bonchev–Trinajstić information content (AvgIpc) is 2.02. The molecule has 0 aromatic carbocycles. The molecule has 1 fully saturated rings. The quantitative estimate of drug-likeness (QED) is 0.585. The van der Waals surface area contributed by atoms with Crippen LogP contribution in [0.25, 0.3) is 0 Å². The summed E-state index contributed by atoms with van der Waals surface area (Å²) in [5.41, 5.74) is 0. The van der Waals surface area contributed by atoms with E-state index in [0.717, 1.165) is 38.4 Å². The standard InChI is InChI=1S/C9H20O3Si/c1-3-11-13(12-4-2)6-5-9-7-10-8-9/h9,13H,3-8H2,1-2H3. The molecule has 1 aliphatic rings. The molecule has 1 heterocycles. The Kier molecular flexibility index (Phi) is 5.62. The highest BCUT2D eigenvalue weighted by atomic mass is 28.3. The van der Waals surface area contributed by atoms with Crippen molar-refractivity contribution in [1.29, 1.82) is 0 Å². The molecule has 78 valence electrons. The fraction of sp³-hybridized carbons (Fsp3) is 1.00. The SMILES string of the molecule is CCO[SiH](CCC1COC1)OCC. The summed E-state index contributed by atoms with van der Waals surface area (Å²) in [5, 5.41) is 0. The van der Waals surface area contributed by atoms with Crippen LogP contribution < -0.4 is 0 Å². The third kappa shape index (κ3) is 4.22. The highest BCUT2D eigenvalue weighted by Crippen LogP contribution is 2.18. The number of ether oxygens (including phenoxy) is 1. The Bertz CT molecular complexity index is 122. The molecule has 0 N–H and O–H groups in total. The Balaban J connectivity index is 2.05. The number of hydrogen-bond acceptors (Lipinski definition) is 3. The van der Waals surface area contributed by atoms with Crippen molar-refractivity contribution in [3.05, 3.63) is 0 Å². The van der Waals surface area contributed by atoms with E-state index in [1.165, 1.54) is 6.42 Å². The number of rotatable bonds is 7. The summed E-state index contributed by atoms with van der Waals surface area (Å²) < 4.78 is 16.3. The third-order valence-electron chi connectivity index (χ3n) is 2.22. The lowest BCUT2D eigenvalue weighted by molar-refractivity contribution is -0.0339. The molecule has 0 amide bonds. The first-order valence-electron chi connectivity index (χ1n) is 5.17. The summed E-state index contributed by atoms with van der Waals surface area (Å²) in [5.74, 6) is 0.774. The van der Waals surface area contributed by atoms with Crippen LogP contribution in [0.4, 0.5) is 0 Å². The van der Waals surface area contributed by atoms with Crippen molar-refractivity contribution in [2.75, 3.05) is 26.4 Å². The predicted molar refractivity (Wildman–Crippen MR) is 54.1 cm³/mol. The summed E-state index contributed by atoms with van der Waals surface area (Å²) in [4.78, 5) is 0. The zero-order valence-electron chi connectivity index (χ0n) is 8.62. The van der Waals surface area contributed by atoms with Crippen LogP contribution in [0.1, 0.15) is 20.3 Å². The Morgan fingerprint density at radius 2 is 1.85 bits per heavy atom. The van der Waals surface area contributed by atoms with Gasteiger partial charge in [0.25, 0.3) is 0 Å². The first kappa shape index (κ1) is 11.2. The zero-order valence-corrected chi connectivity index (χ0v) is 9.78. The summed E-state index contributed by atoms with van der Waals surface area (Å²) >= 11 is 0. The minimum absolute atomic E-state index is 0.774. The zero-order chi connectivity index (χ0) is 9.52. The maximum absolute atomic E-state index is 5.58. The van der Waals surface area contributed by atoms with Crippen LogP contribution in [-0.4, -0.2) is 35.7 Å². The molecule has 0 aromatic heterocycles. The van der Waals surface area contributed by atoms with Gasteiger partial charge in [0.15, 0.2) is 0 Å². The minimum Gasteiger partial charge on any atom is -0.397 e. The van der Waals surface area contributed by atoms with Gasteiger partial charge in [-0.1, -0.05) is 0 Å². The third-order valence-corrected chi connectivity index (χ3v) is 4.44. The van der Waals surface area contributed by atoms with Gasteiger partial charge in [0.05, 0.1) is 13.2 Å². The molecule has 1 saturated heterocycles. The molecular formula is C9H20O3Si. The highest BCUT2D eigenvalue weighted by Gasteiger charge is 2.21. The molecule has 1 rings (SSSR count). The molecule has 0 spiro atoms. The van der Waals surface area contributed by atoms with Crippen LogP contribution in [0.2, 0.25) is 6.04 Å². The van der Waals surface area contributed by atoms with Crippen molar-refractivity contribution in [2.45, 2.75) is 26.3 Å². The molecule has 1 aliphatic heterocycles. The van der Waals surface area contributed by atoms with Gasteiger partial charge in [-0.25, -0.2) is 0 Å². The van der Waals surface area contributed by atoms with Crippen LogP contribution in [-0.2, 0) is 13.6 Å². The molecule has 4 heteroatoms. The molecule has 0 radical (unpaired) electrons. The van der Waals surface area contributed by atoms with Crippen LogP contribution in [0, 0.1) is 5.92 Å². The first-order chi connectivity index (χ1) is 6.36. The first-order valence-corrected chi connectivity index (χ1v) is 6.93. The van der Waals surface area contributed by atoms with Crippen molar-refractivity contribution >= 4 is 9.28 Å². The lowest BCUT2D eigenvalue weighted by Crippen LogP contribution is -2.30. The smallest absolute Gasteiger partial charge is 0.321 e. The molecule has 0 bridgehead atoms. The van der Waals surface area contributed by atoms with E-state index in [4.69, 9.17) is 13.6 Å². The summed E-state index contributed by atoms with van der Waals surface area (Å²) in [6, 6.07) is 1.13. The normalized spacial score (nSPS) is 17.8. The van der Waals surface area contributed by atoms with Crippen molar-refractivity contribution in [2.24, 2.45) is 5.92 Å². The maximum atomic E-state index is 5.58. The summed E-state index contributed by atoms with van der Waals surface area (Å²) in [7, 11) is -1.33. The van der Waals surface area contributed by atoms with Gasteiger partial charge in [-0.15, -0.1) is 0 Å². The minimum atomic E-state index is -1.33. The van der Waals surface area contributed by atoms with Gasteiger partial charge in [-0.2, -0.15) is 0 Å². The largest absolute Gasteiger partial charge is 0.397 e. The van der Waals surface area contributed by atoms with Crippen molar-refractivity contribution < 1.29 is 13.6 Å². The van der Waals surface area contributed by atoms with Gasteiger partial charge in [0, 0.05) is 19.1 Å². The summed E-state index contributed by atoms with van der Waals surface area (Å²) in [6.45, 7) is 7.53. The lowest BCUT2D eigenvalue weighted by Gasteiger charge is -2.26. The molecular weight excluding hydrogens is 184 g/mol. The van der Waals surface area contributed by atoms with Gasteiger partial charge in [-0.3, -0.25) is 0 Å². The van der Waals surface area contributed by atoms with E-state index in [1.807, 2.05) is 13.8 Å². The van der Waals surface area contributed by atoms with E-state index in [9.17, 15) is 0 Å². The van der Waals surface area contributed by atoms with E-state index in [0.29, 0.717) is 0 Å². The monoisotopic (exact) mass is 204 g/mol. The second-order valence-electron chi connectivity index (χ2n) is 3.32. The van der Waals surface area contributed by atoms with Gasteiger partial charge in [0.1, 0.15) is 0 Å². The van der Waals surface area contributed by atoms with Crippen LogP contribution >= 0.6 is 0 Å². The van der Waals surface area contributed by atoms with E-state index in [1.54, 1.807) is 0 Å². The molecule has 13 heavy (non-hydrogen) atoms. The fourth-order valence-electron chi connectivity index (χ4n) is 1.41. The highest BCUT2D eigenvalue weighted by molar-refractivity contribution is 6.44. The van der Waals surface area contributed by atoms with E-state index in [-0.39, 0.29) is 0 Å². The Morgan fingerprint density at radius 3 is 2.23 bits per heavy atom. The fourth-order valence-corrected chi connectivity index (χ4v) is 3.33. The second kappa shape index (κ2) is 6.54. The number of hydrogen-bond donors (Lipinski definition) is 0. The van der Waals surface area contributed by atoms with E-state index < -0.39 is 9.28 Å². The van der Waals surface area contributed by atoms with E-state index >= 15 is 0 Å².